The number of alkyl halides is 3. The topological polar surface area (TPSA) is 125 Å². The molecule has 0 aromatic carbocycles. The first kappa shape index (κ1) is 25.2. The fraction of sp³-hybridized carbons (Fsp3) is 0.350. The molecule has 34 heavy (non-hydrogen) atoms. The Morgan fingerprint density at radius 3 is 2.65 bits per heavy atom. The van der Waals surface area contributed by atoms with E-state index in [0.29, 0.717) is 20.8 Å². The van der Waals surface area contributed by atoms with Gasteiger partial charge in [-0.1, -0.05) is 6.58 Å². The summed E-state index contributed by atoms with van der Waals surface area (Å²) >= 11 is 0. The number of H-pyrrole nitrogens is 1. The Kier molecular flexibility index (Phi) is 7.02. The number of halogens is 3. The summed E-state index contributed by atoms with van der Waals surface area (Å²) in [6.45, 7) is 3.44. The number of carbonyl (C=O) groups is 1. The first-order valence-electron chi connectivity index (χ1n) is 9.88. The summed E-state index contributed by atoms with van der Waals surface area (Å²) in [7, 11) is -2.88. The number of sulfonamides is 1. The molecule has 2 N–H and O–H groups in total. The maximum absolute atomic E-state index is 13.9. The molecule has 3 heterocycles. The van der Waals surface area contributed by atoms with Crippen LogP contribution in [-0.4, -0.2) is 67.7 Å². The standard InChI is InChI=1S/C20H22F3N5O5S/c1-4-34(31,32)27-5-6-28(15(11-27)20(21,22)23)17-7-13(8-18(29)26-17)14-9-16(24-10-12(14)2)25-19(30)33-3/h4,7-10,15H,1,5-6,11H2,2-3H3,(H,26,29)(H,24,25,30)/t15-/m1/s1. The molecule has 1 aliphatic rings. The van der Waals surface area contributed by atoms with Gasteiger partial charge in [0.05, 0.1) is 7.11 Å². The van der Waals surface area contributed by atoms with Gasteiger partial charge in [-0.05, 0) is 35.7 Å². The van der Waals surface area contributed by atoms with E-state index >= 15 is 0 Å². The van der Waals surface area contributed by atoms with Gasteiger partial charge in [-0.15, -0.1) is 0 Å². The summed E-state index contributed by atoms with van der Waals surface area (Å²) in [5, 5.41) is 2.99. The minimum Gasteiger partial charge on any atom is -0.453 e. The molecule has 1 saturated heterocycles. The number of carbonyl (C=O) groups excluding carboxylic acids is 1. The lowest BCUT2D eigenvalue weighted by Gasteiger charge is -2.42. The molecule has 1 amide bonds. The number of hydrogen-bond acceptors (Lipinski definition) is 7. The van der Waals surface area contributed by atoms with E-state index < -0.39 is 40.4 Å². The highest BCUT2D eigenvalue weighted by molar-refractivity contribution is 7.92. The molecular weight excluding hydrogens is 479 g/mol. The lowest BCUT2D eigenvalue weighted by Crippen LogP contribution is -2.60. The van der Waals surface area contributed by atoms with E-state index in [1.807, 2.05) is 0 Å². The Balaban J connectivity index is 2.03. The molecule has 0 saturated carbocycles. The van der Waals surface area contributed by atoms with E-state index in [4.69, 9.17) is 0 Å². The lowest BCUT2D eigenvalue weighted by atomic mass is 10.0. The monoisotopic (exact) mass is 501 g/mol. The van der Waals surface area contributed by atoms with Gasteiger partial charge in [0.25, 0.3) is 0 Å². The van der Waals surface area contributed by atoms with Crippen LogP contribution in [0.4, 0.5) is 29.6 Å². The number of methoxy groups -OCH3 is 1. The molecule has 0 bridgehead atoms. The molecule has 1 aliphatic heterocycles. The molecule has 1 fully saturated rings. The van der Waals surface area contributed by atoms with Gasteiger partial charge in [0, 0.05) is 37.3 Å². The second kappa shape index (κ2) is 9.46. The third-order valence-electron chi connectivity index (χ3n) is 5.26. The Bertz CT molecular complexity index is 1260. The number of ether oxygens (including phenoxy) is 1. The predicted octanol–water partition coefficient (Wildman–Crippen LogP) is 2.45. The number of aryl methyl sites for hydroxylation is 1. The Morgan fingerprint density at radius 2 is 2.03 bits per heavy atom. The highest BCUT2D eigenvalue weighted by Gasteiger charge is 2.48. The highest BCUT2D eigenvalue weighted by Crippen LogP contribution is 2.33. The molecule has 1 atom stereocenters. The molecular formula is C20H22F3N5O5S. The molecule has 10 nitrogen and oxygen atoms in total. The molecule has 0 unspecified atom stereocenters. The molecule has 2 aromatic heterocycles. The van der Waals surface area contributed by atoms with Crippen molar-refractivity contribution in [2.75, 3.05) is 37.0 Å². The van der Waals surface area contributed by atoms with Gasteiger partial charge in [0.2, 0.25) is 15.6 Å². The van der Waals surface area contributed by atoms with Crippen LogP contribution in [0.2, 0.25) is 0 Å². The molecule has 2 aromatic rings. The van der Waals surface area contributed by atoms with Crippen LogP contribution in [0.15, 0.2) is 41.2 Å². The average Bonchev–Trinajstić information content (AvgIpc) is 2.78. The van der Waals surface area contributed by atoms with Crippen molar-refractivity contribution in [3.63, 3.8) is 0 Å². The smallest absolute Gasteiger partial charge is 0.412 e. The second-order valence-corrected chi connectivity index (χ2v) is 9.32. The Morgan fingerprint density at radius 1 is 1.32 bits per heavy atom. The van der Waals surface area contributed by atoms with Crippen molar-refractivity contribution >= 4 is 27.8 Å². The van der Waals surface area contributed by atoms with Crippen molar-refractivity contribution in [1.29, 1.82) is 0 Å². The quantitative estimate of drug-likeness (QED) is 0.645. The number of aromatic amines is 1. The fourth-order valence-corrected chi connectivity index (χ4v) is 4.46. The van der Waals surface area contributed by atoms with Crippen molar-refractivity contribution in [2.45, 2.75) is 19.1 Å². The fourth-order valence-electron chi connectivity index (χ4n) is 3.56. The zero-order chi connectivity index (χ0) is 25.3. The number of pyridine rings is 2. The summed E-state index contributed by atoms with van der Waals surface area (Å²) in [5.41, 5.74) is 0.674. The zero-order valence-electron chi connectivity index (χ0n) is 18.2. The van der Waals surface area contributed by atoms with Crippen LogP contribution in [0.5, 0.6) is 0 Å². The number of nitrogens with one attached hydrogen (secondary N) is 2. The van der Waals surface area contributed by atoms with Crippen LogP contribution in [0.3, 0.4) is 0 Å². The van der Waals surface area contributed by atoms with Crippen LogP contribution >= 0.6 is 0 Å². The number of piperazine rings is 1. The van der Waals surface area contributed by atoms with Crippen LogP contribution in [0.25, 0.3) is 11.1 Å². The van der Waals surface area contributed by atoms with Gasteiger partial charge in [0.15, 0.2) is 0 Å². The van der Waals surface area contributed by atoms with E-state index in [1.165, 1.54) is 31.5 Å². The number of amides is 1. The molecule has 0 spiro atoms. The van der Waals surface area contributed by atoms with Gasteiger partial charge < -0.3 is 14.6 Å². The van der Waals surface area contributed by atoms with E-state index in [-0.39, 0.29) is 30.3 Å². The third-order valence-corrected chi connectivity index (χ3v) is 6.73. The summed E-state index contributed by atoms with van der Waals surface area (Å²) in [5.74, 6) is -0.00939. The zero-order valence-corrected chi connectivity index (χ0v) is 19.0. The summed E-state index contributed by atoms with van der Waals surface area (Å²) < 4.78 is 71.0. The molecule has 0 radical (unpaired) electrons. The molecule has 3 rings (SSSR count). The van der Waals surface area contributed by atoms with E-state index in [0.717, 1.165) is 4.90 Å². The molecule has 184 valence electrons. The summed E-state index contributed by atoms with van der Waals surface area (Å²) in [4.78, 5) is 31.2. The first-order valence-corrected chi connectivity index (χ1v) is 11.4. The maximum Gasteiger partial charge on any atom is 0.412 e. The SMILES string of the molecule is C=CS(=O)(=O)N1CCN(c2cc(-c3cc(NC(=O)OC)ncc3C)cc(=O)[nH]2)[C@@H](C(F)(F)F)C1. The van der Waals surface area contributed by atoms with Crippen molar-refractivity contribution in [1.82, 2.24) is 14.3 Å². The minimum absolute atomic E-state index is 0.116. The van der Waals surface area contributed by atoms with Crippen molar-refractivity contribution < 1.29 is 31.1 Å². The van der Waals surface area contributed by atoms with Crippen LogP contribution < -0.4 is 15.8 Å². The first-order chi connectivity index (χ1) is 15.9. The van der Waals surface area contributed by atoms with Crippen molar-refractivity contribution in [3.8, 4) is 11.1 Å². The average molecular weight is 501 g/mol. The van der Waals surface area contributed by atoms with E-state index in [2.05, 4.69) is 26.6 Å². The van der Waals surface area contributed by atoms with Crippen molar-refractivity contribution in [3.05, 3.63) is 52.3 Å². The number of nitrogens with zero attached hydrogens (tertiary/aromatic N) is 3. The van der Waals surface area contributed by atoms with E-state index in [9.17, 15) is 31.2 Å². The maximum atomic E-state index is 13.9. The third kappa shape index (κ3) is 5.39. The van der Waals surface area contributed by atoms with Gasteiger partial charge in [-0.3, -0.25) is 10.1 Å². The van der Waals surface area contributed by atoms with E-state index in [1.54, 1.807) is 6.92 Å². The van der Waals surface area contributed by atoms with Crippen molar-refractivity contribution in [2.24, 2.45) is 0 Å². The molecule has 0 aliphatic carbocycles. The lowest BCUT2D eigenvalue weighted by molar-refractivity contribution is -0.153. The van der Waals surface area contributed by atoms with Gasteiger partial charge in [-0.25, -0.2) is 18.2 Å². The largest absolute Gasteiger partial charge is 0.453 e. The Labute approximate surface area is 193 Å². The predicted molar refractivity (Wildman–Crippen MR) is 119 cm³/mol. The van der Waals surface area contributed by atoms with Gasteiger partial charge >= 0.3 is 12.3 Å². The number of aromatic nitrogens is 2. The minimum atomic E-state index is -4.79. The normalized spacial score (nSPS) is 17.3. The van der Waals surface area contributed by atoms with Crippen LogP contribution in [0, 0.1) is 6.92 Å². The van der Waals surface area contributed by atoms with Gasteiger partial charge in [0.1, 0.15) is 17.7 Å². The summed E-state index contributed by atoms with van der Waals surface area (Å²) in [6.07, 6.45) is -4.13. The molecule has 14 heteroatoms. The van der Waals surface area contributed by atoms with Crippen LogP contribution in [-0.2, 0) is 14.8 Å². The van der Waals surface area contributed by atoms with Gasteiger partial charge in [-0.2, -0.15) is 17.5 Å². The highest BCUT2D eigenvalue weighted by atomic mass is 32.2. The van der Waals surface area contributed by atoms with Crippen LogP contribution in [0.1, 0.15) is 5.56 Å². The summed E-state index contributed by atoms with van der Waals surface area (Å²) in [6, 6.07) is 1.83. The number of rotatable bonds is 5. The number of hydrogen-bond donors (Lipinski definition) is 2. The number of anilines is 2. The second-order valence-electron chi connectivity index (χ2n) is 7.44. The Hall–Kier alpha value is -3.39.